The maximum atomic E-state index is 12.9. The minimum Gasteiger partial charge on any atom is -0.394 e. The van der Waals surface area contributed by atoms with Gasteiger partial charge in [0.2, 0.25) is 0 Å². The second-order valence-corrected chi connectivity index (χ2v) is 7.67. The average Bonchev–Trinajstić information content (AvgIpc) is 3.09. The molecule has 1 aliphatic rings. The fraction of sp³-hybridized carbons (Fsp3) is 0.562. The molecule has 7 nitrogen and oxygen atoms in total. The second-order valence-electron chi connectivity index (χ2n) is 6.49. The molecule has 130 valence electrons. The van der Waals surface area contributed by atoms with Crippen molar-refractivity contribution in [2.45, 2.75) is 32.4 Å². The number of hydrogen-bond acceptors (Lipinski definition) is 6. The quantitative estimate of drug-likeness (QED) is 0.873. The van der Waals surface area contributed by atoms with E-state index in [1.54, 1.807) is 4.90 Å². The number of carbonyl (C=O) groups excluding carboxylic acids is 1. The number of amides is 1. The summed E-state index contributed by atoms with van der Waals surface area (Å²) in [4.78, 5) is 35.2. The zero-order valence-electron chi connectivity index (χ0n) is 14.3. The highest BCUT2D eigenvalue weighted by atomic mass is 32.1. The van der Waals surface area contributed by atoms with Crippen LogP contribution in [0.4, 0.5) is 0 Å². The number of hydrogen-bond donors (Lipinski definition) is 1. The lowest BCUT2D eigenvalue weighted by Crippen LogP contribution is -2.41. The van der Waals surface area contributed by atoms with E-state index in [9.17, 15) is 14.7 Å². The summed E-state index contributed by atoms with van der Waals surface area (Å²) in [6.45, 7) is 4.18. The standard InChI is InChI=1S/C16H22N4O3S/c1-9-10(2)24-16-17-6-13(15(23)20(9)16)14(22)19-7-11(18(3)4)5-12(19)8-21/h6,11-12,21H,5,7-8H2,1-4H3/t11-,12+/m1/s1. The lowest BCUT2D eigenvalue weighted by molar-refractivity contribution is 0.0670. The molecule has 8 heteroatoms. The Balaban J connectivity index is 2.01. The summed E-state index contributed by atoms with van der Waals surface area (Å²) in [6.07, 6.45) is 2.07. The van der Waals surface area contributed by atoms with Gasteiger partial charge in [0.05, 0.1) is 12.6 Å². The van der Waals surface area contributed by atoms with Crippen LogP contribution >= 0.6 is 11.3 Å². The molecule has 3 heterocycles. The van der Waals surface area contributed by atoms with E-state index in [4.69, 9.17) is 0 Å². The Morgan fingerprint density at radius 1 is 1.46 bits per heavy atom. The third kappa shape index (κ3) is 2.64. The number of fused-ring (bicyclic) bond motifs is 1. The molecule has 1 aliphatic heterocycles. The van der Waals surface area contributed by atoms with Gasteiger partial charge in [-0.3, -0.25) is 14.0 Å². The van der Waals surface area contributed by atoms with Gasteiger partial charge in [-0.15, -0.1) is 11.3 Å². The lowest BCUT2D eigenvalue weighted by Gasteiger charge is -2.23. The zero-order valence-corrected chi connectivity index (χ0v) is 15.1. The van der Waals surface area contributed by atoms with Gasteiger partial charge in [0.1, 0.15) is 5.56 Å². The van der Waals surface area contributed by atoms with Crippen LogP contribution < -0.4 is 5.56 Å². The van der Waals surface area contributed by atoms with Crippen LogP contribution in [-0.4, -0.2) is 69.5 Å². The van der Waals surface area contributed by atoms with E-state index in [1.807, 2.05) is 32.8 Å². The Kier molecular flexibility index (Phi) is 4.46. The predicted octanol–water partition coefficient (Wildman–Crippen LogP) is 0.510. The van der Waals surface area contributed by atoms with Gasteiger partial charge < -0.3 is 14.9 Å². The number of rotatable bonds is 3. The smallest absolute Gasteiger partial charge is 0.271 e. The Labute approximate surface area is 144 Å². The molecule has 1 amide bonds. The summed E-state index contributed by atoms with van der Waals surface area (Å²) in [6, 6.07) is -0.0917. The summed E-state index contributed by atoms with van der Waals surface area (Å²) in [7, 11) is 3.90. The third-order valence-electron chi connectivity index (χ3n) is 4.84. The van der Waals surface area contributed by atoms with Crippen molar-refractivity contribution < 1.29 is 9.90 Å². The molecular weight excluding hydrogens is 328 g/mol. The normalized spacial score (nSPS) is 21.2. The molecule has 0 saturated carbocycles. The van der Waals surface area contributed by atoms with E-state index >= 15 is 0 Å². The van der Waals surface area contributed by atoms with Crippen molar-refractivity contribution in [1.29, 1.82) is 0 Å². The maximum absolute atomic E-state index is 12.9. The van der Waals surface area contributed by atoms with Gasteiger partial charge in [0.15, 0.2) is 4.96 Å². The molecule has 0 spiro atoms. The molecule has 3 rings (SSSR count). The van der Waals surface area contributed by atoms with E-state index in [2.05, 4.69) is 4.98 Å². The van der Waals surface area contributed by atoms with Crippen molar-refractivity contribution in [3.8, 4) is 0 Å². The van der Waals surface area contributed by atoms with Crippen LogP contribution in [-0.2, 0) is 0 Å². The number of aliphatic hydroxyl groups is 1. The number of aryl methyl sites for hydroxylation is 2. The zero-order chi connectivity index (χ0) is 17.6. The topological polar surface area (TPSA) is 78.2 Å². The largest absolute Gasteiger partial charge is 0.394 e. The summed E-state index contributed by atoms with van der Waals surface area (Å²) in [5.74, 6) is -0.353. The number of nitrogens with zero attached hydrogens (tertiary/aromatic N) is 4. The fourth-order valence-electron chi connectivity index (χ4n) is 3.17. The first-order chi connectivity index (χ1) is 11.3. The second kappa shape index (κ2) is 6.27. The first-order valence-electron chi connectivity index (χ1n) is 7.91. The SMILES string of the molecule is Cc1sc2ncc(C(=O)N3C[C@H](N(C)C)C[C@H]3CO)c(=O)n2c1C. The predicted molar refractivity (Wildman–Crippen MR) is 92.8 cm³/mol. The van der Waals surface area contributed by atoms with Crippen LogP contribution in [0.15, 0.2) is 11.0 Å². The molecular formula is C16H22N4O3S. The molecule has 0 unspecified atom stereocenters. The molecule has 1 saturated heterocycles. The van der Waals surface area contributed by atoms with Gasteiger partial charge >= 0.3 is 0 Å². The molecule has 0 bridgehead atoms. The van der Waals surface area contributed by atoms with Gasteiger partial charge in [0, 0.05) is 29.4 Å². The first-order valence-corrected chi connectivity index (χ1v) is 8.72. The van der Waals surface area contributed by atoms with Crippen molar-refractivity contribution in [3.05, 3.63) is 32.7 Å². The number of thiazole rings is 1. The van der Waals surface area contributed by atoms with Crippen molar-refractivity contribution in [2.24, 2.45) is 0 Å². The van der Waals surface area contributed by atoms with E-state index in [-0.39, 0.29) is 35.7 Å². The number of aliphatic hydroxyl groups excluding tert-OH is 1. The molecule has 0 radical (unpaired) electrons. The molecule has 2 atom stereocenters. The van der Waals surface area contributed by atoms with Crippen LogP contribution in [0.3, 0.4) is 0 Å². The van der Waals surface area contributed by atoms with Crippen LogP contribution in [0.5, 0.6) is 0 Å². The molecule has 1 N–H and O–H groups in total. The van der Waals surface area contributed by atoms with Crippen molar-refractivity contribution in [1.82, 2.24) is 19.2 Å². The minimum atomic E-state index is -0.353. The summed E-state index contributed by atoms with van der Waals surface area (Å²) >= 11 is 1.44. The fourth-order valence-corrected chi connectivity index (χ4v) is 4.09. The van der Waals surface area contributed by atoms with Crippen LogP contribution in [0.25, 0.3) is 4.96 Å². The number of aromatic nitrogens is 2. The number of likely N-dealkylation sites (N-methyl/N-ethyl adjacent to an activating group) is 1. The maximum Gasteiger partial charge on any atom is 0.271 e. The Bertz CT molecular complexity index is 842. The van der Waals surface area contributed by atoms with E-state index in [0.717, 1.165) is 10.6 Å². The van der Waals surface area contributed by atoms with E-state index in [1.165, 1.54) is 21.9 Å². The van der Waals surface area contributed by atoms with Crippen LogP contribution in [0.1, 0.15) is 27.3 Å². The van der Waals surface area contributed by atoms with E-state index < -0.39 is 0 Å². The van der Waals surface area contributed by atoms with Gasteiger partial charge in [-0.2, -0.15) is 0 Å². The average molecular weight is 350 g/mol. The van der Waals surface area contributed by atoms with Gasteiger partial charge in [0.25, 0.3) is 11.5 Å². The molecule has 0 aliphatic carbocycles. The molecule has 0 aromatic carbocycles. The van der Waals surface area contributed by atoms with Gasteiger partial charge in [-0.25, -0.2) is 4.98 Å². The molecule has 2 aromatic rings. The highest BCUT2D eigenvalue weighted by Gasteiger charge is 2.37. The van der Waals surface area contributed by atoms with Crippen molar-refractivity contribution >= 4 is 22.2 Å². The van der Waals surface area contributed by atoms with Crippen LogP contribution in [0, 0.1) is 13.8 Å². The van der Waals surface area contributed by atoms with Crippen molar-refractivity contribution in [3.63, 3.8) is 0 Å². The monoisotopic (exact) mass is 350 g/mol. The third-order valence-corrected chi connectivity index (χ3v) is 5.92. The number of carbonyl (C=O) groups is 1. The van der Waals surface area contributed by atoms with E-state index in [0.29, 0.717) is 17.9 Å². The highest BCUT2D eigenvalue weighted by Crippen LogP contribution is 2.23. The van der Waals surface area contributed by atoms with Crippen LogP contribution in [0.2, 0.25) is 0 Å². The molecule has 2 aromatic heterocycles. The summed E-state index contributed by atoms with van der Waals surface area (Å²) < 4.78 is 1.50. The lowest BCUT2D eigenvalue weighted by atomic mass is 10.1. The minimum absolute atomic E-state index is 0.0613. The highest BCUT2D eigenvalue weighted by molar-refractivity contribution is 7.17. The van der Waals surface area contributed by atoms with Gasteiger partial charge in [-0.05, 0) is 34.4 Å². The molecule has 1 fully saturated rings. The Hall–Kier alpha value is -1.77. The Morgan fingerprint density at radius 3 is 2.79 bits per heavy atom. The van der Waals surface area contributed by atoms with Crippen molar-refractivity contribution in [2.75, 3.05) is 27.2 Å². The first kappa shape index (κ1) is 17.1. The summed E-state index contributed by atoms with van der Waals surface area (Å²) in [5.41, 5.74) is 0.538. The molecule has 24 heavy (non-hydrogen) atoms. The number of likely N-dealkylation sites (tertiary alicyclic amines) is 1. The van der Waals surface area contributed by atoms with Gasteiger partial charge in [-0.1, -0.05) is 0 Å². The Morgan fingerprint density at radius 2 is 2.17 bits per heavy atom. The summed E-state index contributed by atoms with van der Waals surface area (Å²) in [5, 5.41) is 9.61.